The lowest BCUT2D eigenvalue weighted by molar-refractivity contribution is -0.231. The number of ether oxygens (including phenoxy) is 3. The van der Waals surface area contributed by atoms with Crippen LogP contribution in [0.25, 0.3) is 0 Å². The fourth-order valence-corrected chi connectivity index (χ4v) is 4.44. The van der Waals surface area contributed by atoms with E-state index in [0.717, 1.165) is 24.8 Å². The number of esters is 1. The Morgan fingerprint density at radius 1 is 1.08 bits per heavy atom. The number of benzene rings is 2. The van der Waals surface area contributed by atoms with Gasteiger partial charge < -0.3 is 40.0 Å². The van der Waals surface area contributed by atoms with Crippen molar-refractivity contribution in [1.29, 1.82) is 0 Å². The lowest BCUT2D eigenvalue weighted by Crippen LogP contribution is -2.61. The van der Waals surface area contributed by atoms with E-state index >= 15 is 0 Å². The number of carbonyl (C=O) groups is 1. The van der Waals surface area contributed by atoms with Crippen LogP contribution >= 0.6 is 11.9 Å². The Hall–Kier alpha value is -2.38. The third-order valence-electron chi connectivity index (χ3n) is 5.55. The molecule has 1 saturated heterocycles. The molecular formula is C25H34N2O8S. The summed E-state index contributed by atoms with van der Waals surface area (Å²) in [5.74, 6) is 0.513. The van der Waals surface area contributed by atoms with E-state index in [1.807, 2.05) is 18.2 Å². The summed E-state index contributed by atoms with van der Waals surface area (Å²) in [6.07, 6.45) is -4.77. The number of rotatable bonds is 12. The molecule has 6 N–H and O–H groups in total. The van der Waals surface area contributed by atoms with Gasteiger partial charge in [0, 0.05) is 6.54 Å². The first-order valence-electron chi connectivity index (χ1n) is 11.9. The molecule has 0 bridgehead atoms. The molecule has 10 nitrogen and oxygen atoms in total. The molecular weight excluding hydrogens is 488 g/mol. The average molecular weight is 523 g/mol. The Kier molecular flexibility index (Phi) is 10.8. The van der Waals surface area contributed by atoms with Gasteiger partial charge in [-0.1, -0.05) is 31.5 Å². The molecule has 0 spiro atoms. The van der Waals surface area contributed by atoms with Gasteiger partial charge >= 0.3 is 5.97 Å². The second kappa shape index (κ2) is 13.8. The number of anilines is 1. The molecule has 2 aromatic rings. The molecule has 1 aliphatic heterocycles. The molecule has 0 aliphatic carbocycles. The van der Waals surface area contributed by atoms with Crippen LogP contribution in [0.2, 0.25) is 0 Å². The summed E-state index contributed by atoms with van der Waals surface area (Å²) in [4.78, 5) is 13.1. The van der Waals surface area contributed by atoms with Crippen LogP contribution in [0.3, 0.4) is 0 Å². The minimum atomic E-state index is -1.52. The highest BCUT2D eigenvalue weighted by Gasteiger charge is 2.43. The molecule has 11 heteroatoms. The summed E-state index contributed by atoms with van der Waals surface area (Å²) in [6.45, 7) is 4.12. The molecule has 5 atom stereocenters. The zero-order valence-corrected chi connectivity index (χ0v) is 21.1. The number of aliphatic hydroxyl groups excluding tert-OH is 4. The van der Waals surface area contributed by atoms with Gasteiger partial charge in [0.2, 0.25) is 0 Å². The Bertz CT molecular complexity index is 978. The Morgan fingerprint density at radius 3 is 2.50 bits per heavy atom. The maximum atomic E-state index is 12.6. The molecule has 36 heavy (non-hydrogen) atoms. The first-order chi connectivity index (χ1) is 17.4. The Morgan fingerprint density at radius 2 is 1.83 bits per heavy atom. The van der Waals surface area contributed by atoms with Crippen LogP contribution in [0.4, 0.5) is 5.69 Å². The van der Waals surface area contributed by atoms with E-state index in [1.165, 1.54) is 0 Å². The van der Waals surface area contributed by atoms with E-state index in [9.17, 15) is 25.2 Å². The van der Waals surface area contributed by atoms with E-state index in [-0.39, 0.29) is 6.61 Å². The number of nitrogens with one attached hydrogen (secondary N) is 2. The van der Waals surface area contributed by atoms with Gasteiger partial charge in [0.05, 0.1) is 29.4 Å². The van der Waals surface area contributed by atoms with Gasteiger partial charge in [-0.15, -0.1) is 0 Å². The fourth-order valence-electron chi connectivity index (χ4n) is 3.57. The van der Waals surface area contributed by atoms with Crippen molar-refractivity contribution < 1.29 is 39.4 Å². The zero-order valence-electron chi connectivity index (χ0n) is 20.3. The third kappa shape index (κ3) is 7.10. The van der Waals surface area contributed by atoms with Gasteiger partial charge in [0.1, 0.15) is 36.4 Å². The highest BCUT2D eigenvalue weighted by atomic mass is 32.2. The average Bonchev–Trinajstić information content (AvgIpc) is 2.89. The normalized spacial score (nSPS) is 23.8. The van der Waals surface area contributed by atoms with E-state index in [2.05, 4.69) is 17.0 Å². The molecule has 2 unspecified atom stereocenters. The van der Waals surface area contributed by atoms with Crippen molar-refractivity contribution in [3.05, 3.63) is 48.0 Å². The van der Waals surface area contributed by atoms with Crippen LogP contribution < -0.4 is 14.8 Å². The number of carbonyl (C=O) groups excluding carboxylic acids is 1. The van der Waals surface area contributed by atoms with E-state index in [0.29, 0.717) is 34.2 Å². The zero-order chi connectivity index (χ0) is 26.1. The van der Waals surface area contributed by atoms with Crippen LogP contribution in [0, 0.1) is 0 Å². The number of unbranched alkanes of at least 4 members (excludes halogenated alkanes) is 1. The van der Waals surface area contributed by atoms with Gasteiger partial charge in [0.25, 0.3) is 0 Å². The minimum Gasteiger partial charge on any atom is -0.462 e. The predicted molar refractivity (Wildman–Crippen MR) is 135 cm³/mol. The van der Waals surface area contributed by atoms with Crippen LogP contribution in [0.5, 0.6) is 11.5 Å². The van der Waals surface area contributed by atoms with Crippen molar-refractivity contribution in [2.45, 2.75) is 62.2 Å². The number of aliphatic hydroxyl groups is 4. The van der Waals surface area contributed by atoms with Crippen molar-refractivity contribution in [2.24, 2.45) is 0 Å². The first-order valence-corrected chi connectivity index (χ1v) is 12.8. The first kappa shape index (κ1) is 28.2. The van der Waals surface area contributed by atoms with Gasteiger partial charge in [-0.25, -0.2) is 9.52 Å². The third-order valence-corrected chi connectivity index (χ3v) is 6.43. The van der Waals surface area contributed by atoms with E-state index in [4.69, 9.17) is 14.2 Å². The lowest BCUT2D eigenvalue weighted by Gasteiger charge is -2.40. The monoisotopic (exact) mass is 522 g/mol. The largest absolute Gasteiger partial charge is 0.462 e. The summed E-state index contributed by atoms with van der Waals surface area (Å²) < 4.78 is 19.9. The molecule has 0 aromatic heterocycles. The van der Waals surface area contributed by atoms with Crippen molar-refractivity contribution in [3.63, 3.8) is 0 Å². The van der Waals surface area contributed by atoms with Crippen molar-refractivity contribution >= 4 is 23.6 Å². The molecule has 1 heterocycles. The highest BCUT2D eigenvalue weighted by Crippen LogP contribution is 2.40. The minimum absolute atomic E-state index is 0.214. The predicted octanol–water partition coefficient (Wildman–Crippen LogP) is 2.26. The van der Waals surface area contributed by atoms with Crippen LogP contribution in [-0.4, -0.2) is 76.8 Å². The molecule has 0 radical (unpaired) electrons. The molecule has 3 rings (SSSR count). The van der Waals surface area contributed by atoms with Crippen molar-refractivity contribution in [1.82, 2.24) is 4.72 Å². The molecule has 2 aromatic carbocycles. The van der Waals surface area contributed by atoms with Gasteiger partial charge in [-0.3, -0.25) is 0 Å². The maximum Gasteiger partial charge on any atom is 0.338 e. The molecule has 1 aliphatic rings. The number of hydrogen-bond donors (Lipinski definition) is 6. The molecule has 198 valence electrons. The second-order valence-corrected chi connectivity index (χ2v) is 9.12. The summed E-state index contributed by atoms with van der Waals surface area (Å²) in [6, 6.07) is 12.4. The SMILES string of the molecule is CCCCNc1cc(C(=O)OCC)cc(SNC2O[C@H](CO)C(O)[C@H](O)[C@H]2O)c1Oc1ccccc1. The van der Waals surface area contributed by atoms with E-state index in [1.54, 1.807) is 31.2 Å². The van der Waals surface area contributed by atoms with Crippen LogP contribution in [-0.2, 0) is 9.47 Å². The Balaban J connectivity index is 1.95. The molecule has 0 amide bonds. The van der Waals surface area contributed by atoms with Crippen molar-refractivity contribution in [3.8, 4) is 11.5 Å². The van der Waals surface area contributed by atoms with Crippen molar-refractivity contribution in [2.75, 3.05) is 25.1 Å². The Labute approximate surface area is 214 Å². The van der Waals surface area contributed by atoms with Gasteiger partial charge in [-0.2, -0.15) is 0 Å². The second-order valence-electron chi connectivity index (χ2n) is 8.24. The standard InChI is InChI=1S/C25H34N2O8S/c1-3-5-11-26-17-12-15(25(32)33-4-2)13-19(23(17)34-16-9-7-6-8-10-16)36-27-24-22(31)21(30)20(29)18(14-28)35-24/h6-10,12-13,18,20-22,24,26-31H,3-5,11,14H2,1-2H3/t18-,20?,21+,22-,24?/m1/s1. The summed E-state index contributed by atoms with van der Waals surface area (Å²) in [5, 5.41) is 43.4. The topological polar surface area (TPSA) is 150 Å². The number of hydrogen-bond acceptors (Lipinski definition) is 11. The smallest absolute Gasteiger partial charge is 0.338 e. The van der Waals surface area contributed by atoms with Crippen LogP contribution in [0.15, 0.2) is 47.4 Å². The maximum absolute atomic E-state index is 12.6. The highest BCUT2D eigenvalue weighted by molar-refractivity contribution is 7.97. The summed E-state index contributed by atoms with van der Waals surface area (Å²) in [5.41, 5.74) is 0.880. The quantitative estimate of drug-likeness (QED) is 0.138. The van der Waals surface area contributed by atoms with E-state index < -0.39 is 43.2 Å². The molecule has 0 saturated carbocycles. The van der Waals surface area contributed by atoms with Gasteiger partial charge in [-0.05, 0) is 49.6 Å². The van der Waals surface area contributed by atoms with Gasteiger partial charge in [0.15, 0.2) is 5.75 Å². The number of para-hydroxylation sites is 1. The summed E-state index contributed by atoms with van der Waals surface area (Å²) >= 11 is 1.01. The lowest BCUT2D eigenvalue weighted by atomic mass is 9.99. The summed E-state index contributed by atoms with van der Waals surface area (Å²) in [7, 11) is 0. The fraction of sp³-hybridized carbons (Fsp3) is 0.480. The van der Waals surface area contributed by atoms with Crippen LogP contribution in [0.1, 0.15) is 37.0 Å². The molecule has 1 fully saturated rings.